The van der Waals surface area contributed by atoms with Crippen molar-refractivity contribution in [1.29, 1.82) is 0 Å². The fraction of sp³-hybridized carbons (Fsp3) is 0.379. The molecule has 0 spiro atoms. The van der Waals surface area contributed by atoms with Crippen LogP contribution >= 0.6 is 0 Å². The summed E-state index contributed by atoms with van der Waals surface area (Å²) in [7, 11) is -3.52. The van der Waals surface area contributed by atoms with Crippen LogP contribution in [0.25, 0.3) is 11.3 Å². The Hall–Kier alpha value is -3.27. The molecule has 9 heteroatoms. The van der Waals surface area contributed by atoms with Gasteiger partial charge in [0, 0.05) is 25.1 Å². The Bertz CT molecular complexity index is 1470. The highest BCUT2D eigenvalue weighted by molar-refractivity contribution is 7.89. The number of carbonyl (C=O) groups excluding carboxylic acids is 1. The summed E-state index contributed by atoms with van der Waals surface area (Å²) in [5.41, 5.74) is 2.77. The third-order valence-electron chi connectivity index (χ3n) is 7.90. The molecule has 0 unspecified atom stereocenters. The maximum atomic E-state index is 13.4. The van der Waals surface area contributed by atoms with Crippen molar-refractivity contribution in [3.63, 3.8) is 0 Å². The summed E-state index contributed by atoms with van der Waals surface area (Å²) in [5.74, 6) is 1.14. The van der Waals surface area contributed by atoms with E-state index in [-0.39, 0.29) is 20.2 Å². The monoisotopic (exact) mass is 535 g/mol. The normalized spacial score (nSPS) is 20.4. The average Bonchev–Trinajstić information content (AvgIpc) is 3.62. The molecule has 1 aliphatic carbocycles. The number of pyridine rings is 1. The number of sulfonamides is 1. The molecular formula is C29H33N3O5S. The summed E-state index contributed by atoms with van der Waals surface area (Å²) in [5, 5.41) is 3.00. The maximum Gasteiger partial charge on any atom is 0.243 e. The lowest BCUT2D eigenvalue weighted by atomic mass is 9.93. The van der Waals surface area contributed by atoms with Gasteiger partial charge in [0.05, 0.1) is 22.6 Å². The van der Waals surface area contributed by atoms with Gasteiger partial charge >= 0.3 is 0 Å². The van der Waals surface area contributed by atoms with E-state index in [9.17, 15) is 13.2 Å². The first-order valence-corrected chi connectivity index (χ1v) is 14.6. The Kier molecular flexibility index (Phi) is 6.45. The fourth-order valence-corrected chi connectivity index (χ4v) is 7.27. The van der Waals surface area contributed by atoms with Gasteiger partial charge in [-0.15, -0.1) is 0 Å². The van der Waals surface area contributed by atoms with Gasteiger partial charge in [0.15, 0.2) is 6.79 Å². The molecule has 200 valence electrons. The molecule has 3 heterocycles. The molecule has 1 atom stereocenters. The molecule has 0 bridgehead atoms. The van der Waals surface area contributed by atoms with Gasteiger partial charge < -0.3 is 14.8 Å². The number of hydrogen-bond donors (Lipinski definition) is 1. The van der Waals surface area contributed by atoms with Crippen LogP contribution in [0.1, 0.15) is 51.6 Å². The second kappa shape index (κ2) is 9.80. The van der Waals surface area contributed by atoms with Crippen LogP contribution in [0.2, 0.25) is 0 Å². The minimum atomic E-state index is -3.52. The Labute approximate surface area is 224 Å². The first-order chi connectivity index (χ1) is 18.4. The number of nitrogens with one attached hydrogen (secondary N) is 1. The van der Waals surface area contributed by atoms with E-state index in [1.165, 1.54) is 0 Å². The van der Waals surface area contributed by atoms with Gasteiger partial charge in [0.1, 0.15) is 11.6 Å². The van der Waals surface area contributed by atoms with Crippen LogP contribution in [0.4, 0.5) is 5.82 Å². The fourth-order valence-electron chi connectivity index (χ4n) is 5.50. The zero-order valence-corrected chi connectivity index (χ0v) is 22.2. The molecule has 38 heavy (non-hydrogen) atoms. The van der Waals surface area contributed by atoms with E-state index in [2.05, 4.69) is 10.3 Å². The molecule has 1 aromatic heterocycles. The number of ether oxygens (including phenoxy) is 2. The van der Waals surface area contributed by atoms with Gasteiger partial charge in [0.2, 0.25) is 15.9 Å². The molecule has 6 rings (SSSR count). The van der Waals surface area contributed by atoms with Crippen LogP contribution in [0, 0.1) is 0 Å². The Balaban J connectivity index is 0.00000308. The highest BCUT2D eigenvalue weighted by Crippen LogP contribution is 2.50. The van der Waals surface area contributed by atoms with Crippen LogP contribution < -0.4 is 10.1 Å². The van der Waals surface area contributed by atoms with Gasteiger partial charge in [-0.3, -0.25) is 4.79 Å². The second-order valence-corrected chi connectivity index (χ2v) is 12.1. The van der Waals surface area contributed by atoms with E-state index >= 15 is 0 Å². The van der Waals surface area contributed by atoms with Crippen LogP contribution in [0.15, 0.2) is 65.6 Å². The molecule has 1 N–H and O–H groups in total. The molecule has 1 amide bonds. The minimum Gasteiger partial charge on any atom is -0.467 e. The Morgan fingerprint density at radius 3 is 2.74 bits per heavy atom. The van der Waals surface area contributed by atoms with Crippen LogP contribution in [-0.2, 0) is 31.6 Å². The van der Waals surface area contributed by atoms with Crippen LogP contribution in [0.5, 0.6) is 5.75 Å². The zero-order chi connectivity index (χ0) is 26.3. The van der Waals surface area contributed by atoms with Crippen molar-refractivity contribution < 1.29 is 24.1 Å². The van der Waals surface area contributed by atoms with Crippen molar-refractivity contribution in [2.45, 2.75) is 62.0 Å². The molecule has 3 aliphatic rings. The van der Waals surface area contributed by atoms with Gasteiger partial charge in [-0.1, -0.05) is 37.3 Å². The van der Waals surface area contributed by atoms with Gasteiger partial charge in [-0.2, -0.15) is 4.31 Å². The summed E-state index contributed by atoms with van der Waals surface area (Å²) in [4.78, 5) is 18.3. The first kappa shape index (κ1) is 25.0. The maximum absolute atomic E-state index is 13.4. The summed E-state index contributed by atoms with van der Waals surface area (Å²) < 4.78 is 38.9. The smallest absolute Gasteiger partial charge is 0.243 e. The van der Waals surface area contributed by atoms with Gasteiger partial charge in [-0.05, 0) is 68.0 Å². The lowest BCUT2D eigenvalue weighted by Crippen LogP contribution is -2.35. The average molecular weight is 536 g/mol. The van der Waals surface area contributed by atoms with Crippen molar-refractivity contribution in [3.05, 3.63) is 71.8 Å². The van der Waals surface area contributed by atoms with Crippen molar-refractivity contribution in [3.8, 4) is 17.0 Å². The number of rotatable bonds is 7. The second-order valence-electron chi connectivity index (χ2n) is 10.2. The van der Waals surface area contributed by atoms with E-state index in [1.54, 1.807) is 34.6 Å². The molecule has 2 aromatic carbocycles. The summed E-state index contributed by atoms with van der Waals surface area (Å²) in [6.07, 6.45) is 4.15. The molecule has 1 saturated heterocycles. The van der Waals surface area contributed by atoms with Gasteiger partial charge in [0.25, 0.3) is 0 Å². The zero-order valence-electron chi connectivity index (χ0n) is 21.4. The predicted octanol–water partition coefficient (Wildman–Crippen LogP) is 5.09. The van der Waals surface area contributed by atoms with E-state index in [1.807, 2.05) is 37.3 Å². The molecule has 1 saturated carbocycles. The summed E-state index contributed by atoms with van der Waals surface area (Å²) >= 11 is 0. The van der Waals surface area contributed by atoms with E-state index in [0.717, 1.165) is 54.5 Å². The highest BCUT2D eigenvalue weighted by Gasteiger charge is 2.51. The number of aromatic nitrogens is 1. The highest BCUT2D eigenvalue weighted by atomic mass is 32.2. The molecule has 3 aromatic rings. The Morgan fingerprint density at radius 1 is 1.16 bits per heavy atom. The standard InChI is InChI=1S/C29H31N3O5S.H2/c1-2-23-5-4-16-32(23)38(34,35)24-12-9-20(10-13-24)25-6-3-7-27(30-25)31-28(33)29(14-15-29)22-11-8-21-18-36-19-37-26(21)17-22;/h3,6-13,17,23H,2,4-5,14-16,18-19H2,1H3,(H,30,31,33);1H/t23-;/m0./s1. The quantitative estimate of drug-likeness (QED) is 0.452. The Morgan fingerprint density at radius 2 is 1.97 bits per heavy atom. The predicted molar refractivity (Wildman–Crippen MR) is 145 cm³/mol. The van der Waals surface area contributed by atoms with E-state index in [0.29, 0.717) is 29.6 Å². The number of nitrogens with zero attached hydrogens (tertiary/aromatic N) is 2. The SMILES string of the molecule is CC[C@H]1CCCN1S(=O)(=O)c1ccc(-c2cccc(NC(=O)C3(c4ccc5c(c4)OCOC5)CC3)n2)cc1.[HH]. The van der Waals surface area contributed by atoms with Gasteiger partial charge in [-0.25, -0.2) is 13.4 Å². The molecular weight excluding hydrogens is 502 g/mol. The van der Waals surface area contributed by atoms with E-state index in [4.69, 9.17) is 9.47 Å². The third kappa shape index (κ3) is 4.48. The third-order valence-corrected chi connectivity index (χ3v) is 9.87. The summed E-state index contributed by atoms with van der Waals surface area (Å²) in [6, 6.07) is 18.3. The summed E-state index contributed by atoms with van der Waals surface area (Å²) in [6.45, 7) is 3.33. The van der Waals surface area contributed by atoms with Crippen molar-refractivity contribution in [2.24, 2.45) is 0 Å². The van der Waals surface area contributed by atoms with Crippen molar-refractivity contribution in [1.82, 2.24) is 9.29 Å². The van der Waals surface area contributed by atoms with E-state index < -0.39 is 15.4 Å². The van der Waals surface area contributed by atoms with Crippen LogP contribution in [0.3, 0.4) is 0 Å². The topological polar surface area (TPSA) is 97.8 Å². The number of hydrogen-bond acceptors (Lipinski definition) is 6. The lowest BCUT2D eigenvalue weighted by molar-refractivity contribution is -0.118. The first-order valence-electron chi connectivity index (χ1n) is 13.2. The molecule has 8 nitrogen and oxygen atoms in total. The molecule has 2 fully saturated rings. The number of anilines is 1. The number of carbonyl (C=O) groups is 1. The number of fused-ring (bicyclic) bond motifs is 1. The van der Waals surface area contributed by atoms with Crippen molar-refractivity contribution >= 4 is 21.7 Å². The lowest BCUT2D eigenvalue weighted by Gasteiger charge is -2.23. The molecule has 2 aliphatic heterocycles. The largest absolute Gasteiger partial charge is 0.467 e. The van der Waals surface area contributed by atoms with Crippen molar-refractivity contribution in [2.75, 3.05) is 18.7 Å². The minimum absolute atomic E-state index is 0. The molecule has 0 radical (unpaired) electrons. The number of benzene rings is 2. The van der Waals surface area contributed by atoms with Crippen LogP contribution in [-0.4, -0.2) is 43.0 Å². The number of amides is 1.